The van der Waals surface area contributed by atoms with Gasteiger partial charge in [-0.25, -0.2) is 0 Å². The van der Waals surface area contributed by atoms with Crippen molar-refractivity contribution in [3.05, 3.63) is 64.2 Å². The van der Waals surface area contributed by atoms with E-state index < -0.39 is 0 Å². The molecular formula is C22H25ClN6. The summed E-state index contributed by atoms with van der Waals surface area (Å²) in [5.41, 5.74) is 4.61. The molecule has 2 aliphatic rings. The van der Waals surface area contributed by atoms with Gasteiger partial charge in [0.1, 0.15) is 5.82 Å². The maximum absolute atomic E-state index is 6.28. The molecular weight excluding hydrogens is 384 g/mol. The molecule has 0 amide bonds. The molecule has 3 aromatic rings. The van der Waals surface area contributed by atoms with Crippen LogP contribution in [0.2, 0.25) is 5.02 Å². The van der Waals surface area contributed by atoms with Crippen molar-refractivity contribution < 1.29 is 0 Å². The lowest BCUT2D eigenvalue weighted by molar-refractivity contribution is 0.315. The second-order valence-corrected chi connectivity index (χ2v) is 8.77. The van der Waals surface area contributed by atoms with Crippen molar-refractivity contribution in [2.24, 2.45) is 0 Å². The van der Waals surface area contributed by atoms with Crippen LogP contribution in [-0.2, 0) is 13.1 Å². The van der Waals surface area contributed by atoms with Gasteiger partial charge in [-0.05, 0) is 63.4 Å². The topological polar surface area (TPSA) is 59.7 Å². The number of fused-ring (bicyclic) bond motifs is 3. The Labute approximate surface area is 176 Å². The molecule has 150 valence electrons. The van der Waals surface area contributed by atoms with Crippen LogP contribution < -0.4 is 0 Å². The van der Waals surface area contributed by atoms with E-state index in [1.807, 2.05) is 12.3 Å². The van der Waals surface area contributed by atoms with Gasteiger partial charge in [0.2, 0.25) is 0 Å². The van der Waals surface area contributed by atoms with E-state index in [0.29, 0.717) is 11.8 Å². The van der Waals surface area contributed by atoms with Crippen molar-refractivity contribution >= 4 is 11.6 Å². The van der Waals surface area contributed by atoms with Gasteiger partial charge in [-0.1, -0.05) is 11.6 Å². The lowest BCUT2D eigenvalue weighted by atomic mass is 9.79. The second kappa shape index (κ2) is 7.50. The number of aryl methyl sites for hydroxylation is 1. The van der Waals surface area contributed by atoms with Gasteiger partial charge in [0.25, 0.3) is 0 Å². The normalized spacial score (nSPS) is 22.0. The molecule has 0 atom stereocenters. The lowest BCUT2D eigenvalue weighted by Crippen LogP contribution is -2.18. The Morgan fingerprint density at radius 3 is 2.52 bits per heavy atom. The van der Waals surface area contributed by atoms with Crippen LogP contribution in [0.5, 0.6) is 0 Å². The number of hydrogen-bond donors (Lipinski definition) is 0. The first kappa shape index (κ1) is 18.7. The van der Waals surface area contributed by atoms with Crippen LogP contribution in [0.15, 0.2) is 30.6 Å². The number of halogens is 1. The predicted octanol–water partition coefficient (Wildman–Crippen LogP) is 4.41. The van der Waals surface area contributed by atoms with E-state index in [0.717, 1.165) is 66.8 Å². The molecule has 3 heterocycles. The van der Waals surface area contributed by atoms with Gasteiger partial charge in [0.05, 0.1) is 23.6 Å². The van der Waals surface area contributed by atoms with Gasteiger partial charge < -0.3 is 0 Å². The standard InChI is InChI=1S/C22H25ClN6/c1-14-21(25-10-9-24-14)15-3-5-16(6-4-15)22-27-26-20-13-28(2)12-17-11-18(23)7-8-19(17)29(20)22/h7-11,15-16H,3-6,12-13H2,1-2H3. The van der Waals surface area contributed by atoms with Crippen molar-refractivity contribution in [3.8, 4) is 5.69 Å². The zero-order valence-electron chi connectivity index (χ0n) is 16.8. The Morgan fingerprint density at radius 1 is 0.966 bits per heavy atom. The Kier molecular flexibility index (Phi) is 4.84. The van der Waals surface area contributed by atoms with Gasteiger partial charge in [0.15, 0.2) is 5.82 Å². The fourth-order valence-corrected chi connectivity index (χ4v) is 5.09. The molecule has 0 N–H and O–H groups in total. The van der Waals surface area contributed by atoms with E-state index >= 15 is 0 Å². The van der Waals surface area contributed by atoms with E-state index in [9.17, 15) is 0 Å². The molecule has 1 aliphatic heterocycles. The minimum atomic E-state index is 0.413. The van der Waals surface area contributed by atoms with Crippen molar-refractivity contribution in [2.75, 3.05) is 7.05 Å². The fraction of sp³-hybridized carbons (Fsp3) is 0.455. The summed E-state index contributed by atoms with van der Waals surface area (Å²) in [6, 6.07) is 6.15. The van der Waals surface area contributed by atoms with Crippen LogP contribution in [0.25, 0.3) is 5.69 Å². The molecule has 0 saturated heterocycles. The molecule has 0 spiro atoms. The van der Waals surface area contributed by atoms with E-state index in [2.05, 4.69) is 55.7 Å². The summed E-state index contributed by atoms with van der Waals surface area (Å²) in [6.45, 7) is 3.70. The van der Waals surface area contributed by atoms with E-state index in [-0.39, 0.29) is 0 Å². The van der Waals surface area contributed by atoms with Gasteiger partial charge in [-0.15, -0.1) is 10.2 Å². The van der Waals surface area contributed by atoms with Gasteiger partial charge >= 0.3 is 0 Å². The summed E-state index contributed by atoms with van der Waals surface area (Å²) in [5, 5.41) is 10.0. The zero-order chi connectivity index (χ0) is 20.0. The highest BCUT2D eigenvalue weighted by Crippen LogP contribution is 2.41. The molecule has 1 fully saturated rings. The Hall–Kier alpha value is -2.31. The van der Waals surface area contributed by atoms with Crippen LogP contribution in [-0.4, -0.2) is 36.7 Å². The molecule has 5 rings (SSSR count). The average Bonchev–Trinajstić information content (AvgIpc) is 3.06. The molecule has 7 heteroatoms. The van der Waals surface area contributed by atoms with Crippen LogP contribution in [0.1, 0.15) is 66.1 Å². The number of nitrogens with zero attached hydrogens (tertiary/aromatic N) is 6. The third-order valence-electron chi connectivity index (χ3n) is 6.29. The minimum absolute atomic E-state index is 0.413. The van der Waals surface area contributed by atoms with Crippen molar-refractivity contribution in [2.45, 2.75) is 57.5 Å². The summed E-state index contributed by atoms with van der Waals surface area (Å²) in [5.74, 6) is 3.00. The molecule has 1 aliphatic carbocycles. The highest BCUT2D eigenvalue weighted by atomic mass is 35.5. The fourth-order valence-electron chi connectivity index (χ4n) is 4.89. The summed E-state index contributed by atoms with van der Waals surface area (Å²) >= 11 is 6.28. The first-order valence-corrected chi connectivity index (χ1v) is 10.7. The third-order valence-corrected chi connectivity index (χ3v) is 6.52. The lowest BCUT2D eigenvalue weighted by Gasteiger charge is -2.28. The molecule has 0 radical (unpaired) electrons. The molecule has 1 aromatic carbocycles. The SMILES string of the molecule is Cc1nccnc1C1CCC(c2nnc3n2-c2ccc(Cl)cc2CN(C)C3)CC1. The highest BCUT2D eigenvalue weighted by molar-refractivity contribution is 6.30. The average molecular weight is 409 g/mol. The van der Waals surface area contributed by atoms with Crippen LogP contribution in [0.4, 0.5) is 0 Å². The maximum atomic E-state index is 6.28. The molecule has 0 unspecified atom stereocenters. The first-order valence-electron chi connectivity index (χ1n) is 10.3. The van der Waals surface area contributed by atoms with Crippen LogP contribution in [0.3, 0.4) is 0 Å². The monoisotopic (exact) mass is 408 g/mol. The number of benzene rings is 1. The molecule has 29 heavy (non-hydrogen) atoms. The number of hydrogen-bond acceptors (Lipinski definition) is 5. The summed E-state index contributed by atoms with van der Waals surface area (Å²) < 4.78 is 2.29. The molecule has 0 bridgehead atoms. The summed E-state index contributed by atoms with van der Waals surface area (Å²) in [4.78, 5) is 11.3. The van der Waals surface area contributed by atoms with Crippen molar-refractivity contribution in [3.63, 3.8) is 0 Å². The van der Waals surface area contributed by atoms with Gasteiger partial charge in [-0.2, -0.15) is 0 Å². The van der Waals surface area contributed by atoms with Gasteiger partial charge in [0, 0.05) is 35.8 Å². The largest absolute Gasteiger partial charge is 0.295 e. The summed E-state index contributed by atoms with van der Waals surface area (Å²) in [7, 11) is 2.11. The van der Waals surface area contributed by atoms with Crippen molar-refractivity contribution in [1.29, 1.82) is 0 Å². The second-order valence-electron chi connectivity index (χ2n) is 8.33. The van der Waals surface area contributed by atoms with Crippen molar-refractivity contribution in [1.82, 2.24) is 29.6 Å². The first-order chi connectivity index (χ1) is 14.1. The third kappa shape index (κ3) is 3.45. The Bertz CT molecular complexity index is 1040. The Morgan fingerprint density at radius 2 is 1.72 bits per heavy atom. The molecule has 1 saturated carbocycles. The number of aromatic nitrogens is 5. The zero-order valence-corrected chi connectivity index (χ0v) is 17.6. The predicted molar refractivity (Wildman–Crippen MR) is 112 cm³/mol. The summed E-state index contributed by atoms with van der Waals surface area (Å²) in [6.07, 6.45) is 8.00. The van der Waals surface area contributed by atoms with E-state index in [4.69, 9.17) is 11.6 Å². The minimum Gasteiger partial charge on any atom is -0.295 e. The van der Waals surface area contributed by atoms with E-state index in [1.54, 1.807) is 6.20 Å². The van der Waals surface area contributed by atoms with Crippen LogP contribution in [0, 0.1) is 6.92 Å². The molecule has 2 aromatic heterocycles. The smallest absolute Gasteiger partial charge is 0.151 e. The van der Waals surface area contributed by atoms with Crippen LogP contribution >= 0.6 is 11.6 Å². The quantitative estimate of drug-likeness (QED) is 0.628. The molecule has 6 nitrogen and oxygen atoms in total. The highest BCUT2D eigenvalue weighted by Gasteiger charge is 2.31. The number of rotatable bonds is 2. The van der Waals surface area contributed by atoms with Gasteiger partial charge in [-0.3, -0.25) is 19.4 Å². The Balaban J connectivity index is 1.45. The maximum Gasteiger partial charge on any atom is 0.151 e. The van der Waals surface area contributed by atoms with E-state index in [1.165, 1.54) is 11.3 Å².